The minimum atomic E-state index is -0.775. The third-order valence-corrected chi connectivity index (χ3v) is 3.02. The van der Waals surface area contributed by atoms with Crippen molar-refractivity contribution in [1.29, 1.82) is 0 Å². The molecule has 0 fully saturated rings. The summed E-state index contributed by atoms with van der Waals surface area (Å²) in [5.74, 6) is -0.595. The van der Waals surface area contributed by atoms with Gasteiger partial charge in [0.1, 0.15) is 0 Å². The maximum absolute atomic E-state index is 12.0. The number of amides is 1. The lowest BCUT2D eigenvalue weighted by atomic mass is 10.1. The standard InChI is InChI=1S/C13H13N5O5.2C2H6/c19-13(15-2-1-4-16-5-3-14-9-16)10-6-11(17(20)21)8-12(7-10)18(22)23;2*1-2/h3,5-9H,1-2,4H2,(H,15,19);2*1-2H3. The average Bonchev–Trinajstić information content (AvgIpc) is 3.21. The van der Waals surface area contributed by atoms with E-state index in [1.165, 1.54) is 0 Å². The van der Waals surface area contributed by atoms with E-state index in [9.17, 15) is 25.0 Å². The first-order valence-corrected chi connectivity index (χ1v) is 8.65. The molecule has 0 spiro atoms. The number of nitrogens with zero attached hydrogens (tertiary/aromatic N) is 4. The number of rotatable bonds is 7. The minimum Gasteiger partial charge on any atom is -0.352 e. The zero-order chi connectivity index (χ0) is 20.8. The van der Waals surface area contributed by atoms with Gasteiger partial charge in [-0.2, -0.15) is 0 Å². The van der Waals surface area contributed by atoms with Crippen LogP contribution in [-0.2, 0) is 6.54 Å². The Kier molecular flexibility index (Phi) is 11.4. The van der Waals surface area contributed by atoms with Crippen molar-refractivity contribution in [2.24, 2.45) is 0 Å². The predicted molar refractivity (Wildman–Crippen MR) is 102 cm³/mol. The Balaban J connectivity index is 0.00000158. The van der Waals surface area contributed by atoms with Gasteiger partial charge in [0.2, 0.25) is 0 Å². The molecule has 0 radical (unpaired) electrons. The summed E-state index contributed by atoms with van der Waals surface area (Å²) < 4.78 is 1.84. The number of non-ortho nitro benzene ring substituents is 2. The van der Waals surface area contributed by atoms with Crippen LogP contribution in [0.3, 0.4) is 0 Å². The van der Waals surface area contributed by atoms with Gasteiger partial charge < -0.3 is 9.88 Å². The Morgan fingerprint density at radius 3 is 2.07 bits per heavy atom. The Hall–Kier alpha value is -3.30. The zero-order valence-electron chi connectivity index (χ0n) is 15.9. The summed E-state index contributed by atoms with van der Waals surface area (Å²) in [6.07, 6.45) is 5.69. The summed E-state index contributed by atoms with van der Waals surface area (Å²) in [4.78, 5) is 35.9. The minimum absolute atomic E-state index is 0.117. The van der Waals surface area contributed by atoms with Gasteiger partial charge in [-0.1, -0.05) is 27.7 Å². The van der Waals surface area contributed by atoms with Crippen LogP contribution in [0.4, 0.5) is 11.4 Å². The van der Waals surface area contributed by atoms with Gasteiger partial charge in [0.25, 0.3) is 17.3 Å². The van der Waals surface area contributed by atoms with Crippen molar-refractivity contribution in [1.82, 2.24) is 14.9 Å². The second-order valence-electron chi connectivity index (χ2n) is 4.66. The number of benzene rings is 1. The molecule has 0 aliphatic heterocycles. The van der Waals surface area contributed by atoms with E-state index in [0.29, 0.717) is 19.5 Å². The smallest absolute Gasteiger partial charge is 0.277 e. The molecule has 1 amide bonds. The molecule has 0 aliphatic carbocycles. The number of nitrogens with one attached hydrogen (secondary N) is 1. The van der Waals surface area contributed by atoms with E-state index in [0.717, 1.165) is 18.2 Å². The van der Waals surface area contributed by atoms with E-state index in [-0.39, 0.29) is 5.56 Å². The summed E-state index contributed by atoms with van der Waals surface area (Å²) in [6.45, 7) is 8.98. The molecule has 0 bridgehead atoms. The molecule has 1 heterocycles. The molecule has 10 nitrogen and oxygen atoms in total. The summed E-state index contributed by atoms with van der Waals surface area (Å²) in [7, 11) is 0. The number of aryl methyl sites for hydroxylation is 1. The van der Waals surface area contributed by atoms with E-state index < -0.39 is 27.1 Å². The fraction of sp³-hybridized carbons (Fsp3) is 0.412. The molecule has 148 valence electrons. The average molecular weight is 379 g/mol. The second-order valence-corrected chi connectivity index (χ2v) is 4.66. The lowest BCUT2D eigenvalue weighted by molar-refractivity contribution is -0.394. The number of aromatic nitrogens is 2. The number of hydrogen-bond donors (Lipinski definition) is 1. The van der Waals surface area contributed by atoms with Crippen LogP contribution in [0.25, 0.3) is 0 Å². The topological polar surface area (TPSA) is 133 Å². The summed E-state index contributed by atoms with van der Waals surface area (Å²) in [5, 5.41) is 24.1. The first-order chi connectivity index (χ1) is 13.0. The van der Waals surface area contributed by atoms with Gasteiger partial charge in [0.05, 0.1) is 27.8 Å². The Morgan fingerprint density at radius 1 is 1.07 bits per heavy atom. The highest BCUT2D eigenvalue weighted by molar-refractivity contribution is 5.95. The van der Waals surface area contributed by atoms with Crippen molar-refractivity contribution in [2.75, 3.05) is 6.54 Å². The van der Waals surface area contributed by atoms with E-state index in [1.807, 2.05) is 32.3 Å². The number of hydrogen-bond acceptors (Lipinski definition) is 6. The van der Waals surface area contributed by atoms with Gasteiger partial charge in [-0.3, -0.25) is 25.0 Å². The largest absolute Gasteiger partial charge is 0.352 e. The maximum Gasteiger partial charge on any atom is 0.277 e. The van der Waals surface area contributed by atoms with Crippen molar-refractivity contribution < 1.29 is 14.6 Å². The summed E-state index contributed by atoms with van der Waals surface area (Å²) in [6, 6.07) is 2.84. The fourth-order valence-electron chi connectivity index (χ4n) is 1.92. The normalized spacial score (nSPS) is 9.19. The van der Waals surface area contributed by atoms with E-state index in [1.54, 1.807) is 18.7 Å². The third-order valence-electron chi connectivity index (χ3n) is 3.02. The van der Waals surface area contributed by atoms with Crippen molar-refractivity contribution in [3.63, 3.8) is 0 Å². The van der Waals surface area contributed by atoms with Crippen molar-refractivity contribution in [3.05, 3.63) is 62.7 Å². The molecule has 0 saturated heterocycles. The molecule has 0 aliphatic rings. The highest BCUT2D eigenvalue weighted by atomic mass is 16.6. The number of carbonyl (C=O) groups is 1. The summed E-state index contributed by atoms with van der Waals surface area (Å²) >= 11 is 0. The van der Waals surface area contributed by atoms with Gasteiger partial charge in [-0.15, -0.1) is 0 Å². The number of nitro benzene ring substituents is 2. The zero-order valence-corrected chi connectivity index (χ0v) is 15.9. The Labute approximate surface area is 157 Å². The quantitative estimate of drug-likeness (QED) is 0.444. The van der Waals surface area contributed by atoms with Gasteiger partial charge in [-0.05, 0) is 6.42 Å². The predicted octanol–water partition coefficient (Wildman–Crippen LogP) is 3.57. The molecule has 2 aromatic rings. The lowest BCUT2D eigenvalue weighted by Gasteiger charge is -2.06. The van der Waals surface area contributed by atoms with Gasteiger partial charge in [0.15, 0.2) is 0 Å². The maximum atomic E-state index is 12.0. The molecule has 10 heteroatoms. The molecule has 2 rings (SSSR count). The molecular formula is C17H25N5O5. The molecule has 27 heavy (non-hydrogen) atoms. The Bertz CT molecular complexity index is 699. The molecule has 0 saturated carbocycles. The molecule has 0 unspecified atom stereocenters. The molecular weight excluding hydrogens is 354 g/mol. The number of carbonyl (C=O) groups excluding carboxylic acids is 1. The van der Waals surface area contributed by atoms with Crippen LogP contribution < -0.4 is 5.32 Å². The number of nitro groups is 2. The highest BCUT2D eigenvalue weighted by Gasteiger charge is 2.19. The molecule has 1 aromatic carbocycles. The second kappa shape index (κ2) is 13.0. The van der Waals surface area contributed by atoms with Crippen LogP contribution in [0, 0.1) is 20.2 Å². The van der Waals surface area contributed by atoms with Gasteiger partial charge in [-0.25, -0.2) is 4.98 Å². The SMILES string of the molecule is CC.CC.O=C(NCCCn1ccnc1)c1cc([N+](=O)[O-])cc([N+](=O)[O-])c1. The van der Waals surface area contributed by atoms with Crippen LogP contribution in [-0.4, -0.2) is 31.8 Å². The van der Waals surface area contributed by atoms with Crippen LogP contribution in [0.2, 0.25) is 0 Å². The molecule has 1 aromatic heterocycles. The van der Waals surface area contributed by atoms with Crippen molar-refractivity contribution in [3.8, 4) is 0 Å². The van der Waals surface area contributed by atoms with Gasteiger partial charge >= 0.3 is 0 Å². The summed E-state index contributed by atoms with van der Waals surface area (Å²) in [5.41, 5.74) is -1.11. The fourth-order valence-corrected chi connectivity index (χ4v) is 1.92. The monoisotopic (exact) mass is 379 g/mol. The molecule has 1 N–H and O–H groups in total. The van der Waals surface area contributed by atoms with Crippen LogP contribution in [0.5, 0.6) is 0 Å². The lowest BCUT2D eigenvalue weighted by Crippen LogP contribution is -2.25. The van der Waals surface area contributed by atoms with Crippen molar-refractivity contribution >= 4 is 17.3 Å². The van der Waals surface area contributed by atoms with E-state index in [4.69, 9.17) is 0 Å². The van der Waals surface area contributed by atoms with Crippen LogP contribution in [0.1, 0.15) is 44.5 Å². The van der Waals surface area contributed by atoms with Crippen LogP contribution in [0.15, 0.2) is 36.9 Å². The third kappa shape index (κ3) is 8.08. The first kappa shape index (κ1) is 23.7. The highest BCUT2D eigenvalue weighted by Crippen LogP contribution is 2.22. The van der Waals surface area contributed by atoms with E-state index >= 15 is 0 Å². The Morgan fingerprint density at radius 2 is 1.63 bits per heavy atom. The van der Waals surface area contributed by atoms with Crippen LogP contribution >= 0.6 is 0 Å². The van der Waals surface area contributed by atoms with Gasteiger partial charge in [0, 0.05) is 37.6 Å². The van der Waals surface area contributed by atoms with Crippen molar-refractivity contribution in [2.45, 2.75) is 40.7 Å². The molecule has 0 atom stereocenters. The first-order valence-electron chi connectivity index (χ1n) is 8.65. The number of imidazole rings is 1. The van der Waals surface area contributed by atoms with E-state index in [2.05, 4.69) is 10.3 Å².